The van der Waals surface area contributed by atoms with Crippen LogP contribution in [-0.4, -0.2) is 21.2 Å². The number of rotatable bonds is 7. The van der Waals surface area contributed by atoms with Crippen molar-refractivity contribution in [2.45, 2.75) is 30.7 Å². The van der Waals surface area contributed by atoms with Gasteiger partial charge in [0.25, 0.3) is 0 Å². The molecule has 114 valence electrons. The summed E-state index contributed by atoms with van der Waals surface area (Å²) in [5.41, 5.74) is 0.961. The Labute approximate surface area is 126 Å². The average molecular weight is 307 g/mol. The molecule has 2 aromatic rings. The van der Waals surface area contributed by atoms with Crippen LogP contribution < -0.4 is 5.32 Å². The van der Waals surface area contributed by atoms with Gasteiger partial charge in [0.05, 0.1) is 11.2 Å². The van der Waals surface area contributed by atoms with Crippen LogP contribution in [0.4, 0.5) is 0 Å². The van der Waals surface area contributed by atoms with E-state index in [-0.39, 0.29) is 6.04 Å². The molecule has 0 spiro atoms. The van der Waals surface area contributed by atoms with E-state index in [9.17, 15) is 8.42 Å². The van der Waals surface area contributed by atoms with E-state index >= 15 is 0 Å². The third kappa shape index (κ3) is 4.44. The van der Waals surface area contributed by atoms with Crippen LogP contribution in [0.25, 0.3) is 0 Å². The van der Waals surface area contributed by atoms with Gasteiger partial charge in [0.15, 0.2) is 9.84 Å². The number of sulfone groups is 1. The summed E-state index contributed by atoms with van der Waals surface area (Å²) in [7, 11) is -3.19. The minimum absolute atomic E-state index is 0.0396. The molecule has 1 aromatic heterocycles. The molecule has 1 aromatic carbocycles. The van der Waals surface area contributed by atoms with Gasteiger partial charge in [-0.3, -0.25) is 0 Å². The predicted molar refractivity (Wildman–Crippen MR) is 83.0 cm³/mol. The molecule has 0 radical (unpaired) electrons. The highest BCUT2D eigenvalue weighted by Crippen LogP contribution is 2.22. The van der Waals surface area contributed by atoms with E-state index in [0.29, 0.717) is 11.3 Å². The van der Waals surface area contributed by atoms with Gasteiger partial charge >= 0.3 is 0 Å². The molecule has 0 saturated heterocycles. The lowest BCUT2D eigenvalue weighted by atomic mass is 10.0. The van der Waals surface area contributed by atoms with E-state index < -0.39 is 9.84 Å². The molecule has 2 rings (SSSR count). The van der Waals surface area contributed by atoms with E-state index in [0.717, 1.165) is 24.3 Å². The fraction of sp³-hybridized carbons (Fsp3) is 0.375. The van der Waals surface area contributed by atoms with Gasteiger partial charge in [0.2, 0.25) is 0 Å². The largest absolute Gasteiger partial charge is 0.469 e. The van der Waals surface area contributed by atoms with Crippen molar-refractivity contribution in [3.8, 4) is 0 Å². The first kappa shape index (κ1) is 15.8. The number of hydrogen-bond acceptors (Lipinski definition) is 4. The molecule has 0 aliphatic rings. The molecule has 1 N–H and O–H groups in total. The molecule has 0 amide bonds. The summed E-state index contributed by atoms with van der Waals surface area (Å²) >= 11 is 0. The fourth-order valence-electron chi connectivity index (χ4n) is 2.22. The van der Waals surface area contributed by atoms with Crippen LogP contribution in [0, 0.1) is 0 Å². The van der Waals surface area contributed by atoms with Gasteiger partial charge in [-0.1, -0.05) is 19.1 Å². The Hall–Kier alpha value is -1.59. The number of nitrogens with one attached hydrogen (secondary N) is 1. The maximum atomic E-state index is 11.7. The van der Waals surface area contributed by atoms with Crippen LogP contribution >= 0.6 is 0 Å². The molecule has 21 heavy (non-hydrogen) atoms. The Balaban J connectivity index is 2.27. The van der Waals surface area contributed by atoms with E-state index in [1.165, 1.54) is 6.26 Å². The Morgan fingerprint density at radius 1 is 1.24 bits per heavy atom. The van der Waals surface area contributed by atoms with Crippen molar-refractivity contribution in [3.63, 3.8) is 0 Å². The number of furan rings is 1. The SMILES string of the molecule is CCCNC(Cc1ccco1)c1cccc(S(C)(=O)=O)c1. The van der Waals surface area contributed by atoms with Crippen LogP contribution in [0.3, 0.4) is 0 Å². The summed E-state index contributed by atoms with van der Waals surface area (Å²) < 4.78 is 28.8. The Kier molecular flexibility index (Phi) is 5.20. The van der Waals surface area contributed by atoms with Crippen molar-refractivity contribution in [1.82, 2.24) is 5.32 Å². The van der Waals surface area contributed by atoms with Crippen molar-refractivity contribution in [2.75, 3.05) is 12.8 Å². The van der Waals surface area contributed by atoms with Crippen LogP contribution in [0.5, 0.6) is 0 Å². The molecule has 1 atom stereocenters. The highest BCUT2D eigenvalue weighted by atomic mass is 32.2. The molecule has 4 nitrogen and oxygen atoms in total. The Bertz CT molecular complexity index is 663. The third-order valence-corrected chi connectivity index (χ3v) is 4.42. The second kappa shape index (κ2) is 6.91. The summed E-state index contributed by atoms with van der Waals surface area (Å²) in [4.78, 5) is 0.350. The van der Waals surface area contributed by atoms with Crippen LogP contribution in [0.1, 0.15) is 30.7 Å². The molecule has 0 aliphatic carbocycles. The zero-order valence-corrected chi connectivity index (χ0v) is 13.2. The predicted octanol–water partition coefficient (Wildman–Crippen LogP) is 2.97. The summed E-state index contributed by atoms with van der Waals surface area (Å²) in [5.74, 6) is 0.883. The van der Waals surface area contributed by atoms with E-state index in [4.69, 9.17) is 4.42 Å². The summed E-state index contributed by atoms with van der Waals surface area (Å²) in [6, 6.07) is 10.9. The lowest BCUT2D eigenvalue weighted by molar-refractivity contribution is 0.448. The maximum Gasteiger partial charge on any atom is 0.175 e. The number of benzene rings is 1. The second-order valence-electron chi connectivity index (χ2n) is 5.13. The van der Waals surface area contributed by atoms with Crippen molar-refractivity contribution < 1.29 is 12.8 Å². The van der Waals surface area contributed by atoms with E-state index in [1.807, 2.05) is 18.2 Å². The second-order valence-corrected chi connectivity index (χ2v) is 7.15. The van der Waals surface area contributed by atoms with Crippen molar-refractivity contribution in [3.05, 3.63) is 54.0 Å². The molecule has 0 aliphatic heterocycles. The minimum atomic E-state index is -3.19. The highest BCUT2D eigenvalue weighted by molar-refractivity contribution is 7.90. The topological polar surface area (TPSA) is 59.3 Å². The summed E-state index contributed by atoms with van der Waals surface area (Å²) in [5, 5.41) is 3.45. The van der Waals surface area contributed by atoms with Gasteiger partial charge in [0, 0.05) is 18.7 Å². The van der Waals surface area contributed by atoms with Gasteiger partial charge in [0.1, 0.15) is 5.76 Å². The molecule has 5 heteroatoms. The van der Waals surface area contributed by atoms with Gasteiger partial charge in [-0.2, -0.15) is 0 Å². The van der Waals surface area contributed by atoms with Crippen LogP contribution in [0.15, 0.2) is 52.0 Å². The number of hydrogen-bond donors (Lipinski definition) is 1. The smallest absolute Gasteiger partial charge is 0.175 e. The van der Waals surface area contributed by atoms with Crippen molar-refractivity contribution in [1.29, 1.82) is 0 Å². The highest BCUT2D eigenvalue weighted by Gasteiger charge is 2.15. The maximum absolute atomic E-state index is 11.7. The first-order valence-electron chi connectivity index (χ1n) is 7.06. The molecule has 1 heterocycles. The fourth-order valence-corrected chi connectivity index (χ4v) is 2.89. The van der Waals surface area contributed by atoms with Crippen molar-refractivity contribution in [2.24, 2.45) is 0 Å². The average Bonchev–Trinajstić information content (AvgIpc) is 2.95. The minimum Gasteiger partial charge on any atom is -0.469 e. The van der Waals surface area contributed by atoms with Gasteiger partial charge < -0.3 is 9.73 Å². The zero-order chi connectivity index (χ0) is 15.3. The standard InChI is InChI=1S/C16H21NO3S/c1-3-9-17-16(12-14-7-5-10-20-14)13-6-4-8-15(11-13)21(2,18)19/h4-8,10-11,16-17H,3,9,12H2,1-2H3. The Morgan fingerprint density at radius 2 is 2.05 bits per heavy atom. The van der Waals surface area contributed by atoms with Gasteiger partial charge in [-0.15, -0.1) is 0 Å². The van der Waals surface area contributed by atoms with E-state index in [2.05, 4.69) is 12.2 Å². The van der Waals surface area contributed by atoms with Crippen molar-refractivity contribution >= 4 is 9.84 Å². The molecule has 0 saturated carbocycles. The molecular weight excluding hydrogens is 286 g/mol. The normalized spacial score (nSPS) is 13.2. The summed E-state index contributed by atoms with van der Waals surface area (Å²) in [6.07, 6.45) is 4.59. The first-order chi connectivity index (χ1) is 10.0. The van der Waals surface area contributed by atoms with Gasteiger partial charge in [-0.25, -0.2) is 8.42 Å². The first-order valence-corrected chi connectivity index (χ1v) is 8.95. The Morgan fingerprint density at radius 3 is 2.67 bits per heavy atom. The van der Waals surface area contributed by atoms with Crippen LogP contribution in [0.2, 0.25) is 0 Å². The zero-order valence-electron chi connectivity index (χ0n) is 12.4. The lowest BCUT2D eigenvalue weighted by Crippen LogP contribution is -2.24. The molecular formula is C16H21NO3S. The summed E-state index contributed by atoms with van der Waals surface area (Å²) in [6.45, 7) is 2.97. The molecule has 0 bridgehead atoms. The van der Waals surface area contributed by atoms with Gasteiger partial charge in [-0.05, 0) is 42.8 Å². The molecule has 1 unspecified atom stereocenters. The lowest BCUT2D eigenvalue weighted by Gasteiger charge is -2.18. The van der Waals surface area contributed by atoms with E-state index in [1.54, 1.807) is 24.5 Å². The third-order valence-electron chi connectivity index (χ3n) is 3.31. The van der Waals surface area contributed by atoms with Crippen LogP contribution in [-0.2, 0) is 16.3 Å². The molecule has 0 fully saturated rings. The monoisotopic (exact) mass is 307 g/mol. The quantitative estimate of drug-likeness (QED) is 0.854.